The lowest BCUT2D eigenvalue weighted by Crippen LogP contribution is -2.43. The van der Waals surface area contributed by atoms with Crippen LogP contribution in [-0.4, -0.2) is 35.4 Å². The van der Waals surface area contributed by atoms with Gasteiger partial charge in [0, 0.05) is 13.1 Å². The number of hydrogen-bond acceptors (Lipinski definition) is 5. The molecule has 2 atom stereocenters. The highest BCUT2D eigenvalue weighted by Gasteiger charge is 2.42. The molecule has 1 heterocycles. The first-order valence-corrected chi connectivity index (χ1v) is 6.25. The summed E-state index contributed by atoms with van der Waals surface area (Å²) in [6, 6.07) is 1.68. The molecule has 1 aromatic heterocycles. The van der Waals surface area contributed by atoms with E-state index in [4.69, 9.17) is 10.9 Å². The second-order valence-electron chi connectivity index (χ2n) is 3.85. The van der Waals surface area contributed by atoms with Crippen molar-refractivity contribution in [3.63, 3.8) is 0 Å². The lowest BCUT2D eigenvalue weighted by molar-refractivity contribution is -0.155. The van der Waals surface area contributed by atoms with E-state index in [1.165, 1.54) is 11.3 Å². The van der Waals surface area contributed by atoms with Gasteiger partial charge in [0.2, 0.25) is 0 Å². The maximum absolute atomic E-state index is 12.6. The van der Waals surface area contributed by atoms with E-state index in [9.17, 15) is 18.3 Å². The molecular weight excluding hydrogens is 283 g/mol. The van der Waals surface area contributed by atoms with Gasteiger partial charge in [-0.1, -0.05) is 5.16 Å². The third-order valence-corrected chi connectivity index (χ3v) is 3.18. The molecule has 0 aliphatic heterocycles. The minimum atomic E-state index is -4.61. The van der Waals surface area contributed by atoms with Crippen molar-refractivity contribution in [2.75, 3.05) is 13.1 Å². The van der Waals surface area contributed by atoms with Gasteiger partial charge in [0.05, 0.1) is 6.10 Å². The second-order valence-corrected chi connectivity index (χ2v) is 4.63. The molecular formula is C10H14F3N3O2S. The number of nitrogens with zero attached hydrogens (tertiary/aromatic N) is 1. The predicted molar refractivity (Wildman–Crippen MR) is 65.1 cm³/mol. The molecule has 1 aromatic rings. The predicted octanol–water partition coefficient (Wildman–Crippen LogP) is 1.30. The van der Waals surface area contributed by atoms with E-state index in [-0.39, 0.29) is 6.54 Å². The Morgan fingerprint density at radius 1 is 1.47 bits per heavy atom. The summed E-state index contributed by atoms with van der Waals surface area (Å²) < 4.78 is 37.7. The molecule has 0 saturated heterocycles. The number of thiophene rings is 1. The summed E-state index contributed by atoms with van der Waals surface area (Å²) in [6.07, 6.45) is -5.51. The summed E-state index contributed by atoms with van der Waals surface area (Å²) >= 11 is 1.38. The Kier molecular flexibility index (Phi) is 5.58. The SMILES string of the molecule is N/C(=N/O)C(CNCC(O)c1ccsc1)C(F)(F)F. The quantitative estimate of drug-likeness (QED) is 0.276. The van der Waals surface area contributed by atoms with Gasteiger partial charge in [-0.15, -0.1) is 0 Å². The summed E-state index contributed by atoms with van der Waals surface area (Å²) in [6.45, 7) is -0.622. The summed E-state index contributed by atoms with van der Waals surface area (Å²) in [5, 5.41) is 26.3. The third-order valence-electron chi connectivity index (χ3n) is 2.48. The van der Waals surface area contributed by atoms with Crippen molar-refractivity contribution in [3.05, 3.63) is 22.4 Å². The molecule has 0 saturated carbocycles. The van der Waals surface area contributed by atoms with E-state index in [1.54, 1.807) is 16.8 Å². The fourth-order valence-electron chi connectivity index (χ4n) is 1.40. The first-order chi connectivity index (χ1) is 8.86. The van der Waals surface area contributed by atoms with Gasteiger partial charge in [-0.3, -0.25) is 0 Å². The number of aliphatic hydroxyl groups excluding tert-OH is 1. The number of amidine groups is 1. The highest BCUT2D eigenvalue weighted by molar-refractivity contribution is 7.07. The van der Waals surface area contributed by atoms with Crippen molar-refractivity contribution in [3.8, 4) is 0 Å². The number of halogens is 3. The summed E-state index contributed by atoms with van der Waals surface area (Å²) in [5.41, 5.74) is 5.62. The fraction of sp³-hybridized carbons (Fsp3) is 0.500. The van der Waals surface area contributed by atoms with Crippen LogP contribution in [0.25, 0.3) is 0 Å². The van der Waals surface area contributed by atoms with Gasteiger partial charge in [0.15, 0.2) is 5.84 Å². The highest BCUT2D eigenvalue weighted by Crippen LogP contribution is 2.26. The minimum Gasteiger partial charge on any atom is -0.409 e. The van der Waals surface area contributed by atoms with Crippen LogP contribution in [0, 0.1) is 5.92 Å². The normalized spacial score (nSPS) is 16.3. The number of nitrogens with one attached hydrogen (secondary N) is 1. The van der Waals surface area contributed by atoms with E-state index in [0.717, 1.165) is 0 Å². The van der Waals surface area contributed by atoms with Crippen LogP contribution in [0.4, 0.5) is 13.2 Å². The van der Waals surface area contributed by atoms with Crippen molar-refractivity contribution < 1.29 is 23.5 Å². The zero-order chi connectivity index (χ0) is 14.5. The molecule has 19 heavy (non-hydrogen) atoms. The molecule has 108 valence electrons. The van der Waals surface area contributed by atoms with Crippen LogP contribution in [0.1, 0.15) is 11.7 Å². The van der Waals surface area contributed by atoms with Gasteiger partial charge in [-0.25, -0.2) is 0 Å². The number of aliphatic hydroxyl groups is 1. The number of hydrogen-bond donors (Lipinski definition) is 4. The van der Waals surface area contributed by atoms with Crippen LogP contribution >= 0.6 is 11.3 Å². The number of oxime groups is 1. The van der Waals surface area contributed by atoms with Crippen molar-refractivity contribution in [1.29, 1.82) is 0 Å². The van der Waals surface area contributed by atoms with E-state index >= 15 is 0 Å². The van der Waals surface area contributed by atoms with Crippen molar-refractivity contribution >= 4 is 17.2 Å². The van der Waals surface area contributed by atoms with E-state index < -0.39 is 30.6 Å². The lowest BCUT2D eigenvalue weighted by Gasteiger charge is -2.20. The maximum atomic E-state index is 12.6. The standard InChI is InChI=1S/C10H14F3N3O2S/c11-10(12,13)7(9(14)16-18)3-15-4-8(17)6-1-2-19-5-6/h1-2,5,7-8,15,17-18H,3-4H2,(H2,14,16). The summed E-state index contributed by atoms with van der Waals surface area (Å²) in [4.78, 5) is 0. The Labute approximate surface area is 111 Å². The van der Waals surface area contributed by atoms with Crippen molar-refractivity contribution in [2.24, 2.45) is 16.8 Å². The lowest BCUT2D eigenvalue weighted by atomic mass is 10.1. The van der Waals surface area contributed by atoms with Gasteiger partial charge >= 0.3 is 6.18 Å². The van der Waals surface area contributed by atoms with Gasteiger partial charge in [-0.05, 0) is 22.4 Å². The first-order valence-electron chi connectivity index (χ1n) is 5.31. The molecule has 0 aliphatic carbocycles. The van der Waals surface area contributed by atoms with Gasteiger partial charge in [0.25, 0.3) is 0 Å². The molecule has 0 bridgehead atoms. The molecule has 0 fully saturated rings. The molecule has 5 nitrogen and oxygen atoms in total. The molecule has 0 amide bonds. The van der Waals surface area contributed by atoms with Crippen LogP contribution in [0.2, 0.25) is 0 Å². The monoisotopic (exact) mass is 297 g/mol. The van der Waals surface area contributed by atoms with Crippen molar-refractivity contribution in [1.82, 2.24) is 5.32 Å². The topological polar surface area (TPSA) is 90.9 Å². The maximum Gasteiger partial charge on any atom is 0.400 e. The number of alkyl halides is 3. The fourth-order valence-corrected chi connectivity index (χ4v) is 2.11. The van der Waals surface area contributed by atoms with Gasteiger partial charge in [-0.2, -0.15) is 24.5 Å². The average Bonchev–Trinajstić information content (AvgIpc) is 2.85. The highest BCUT2D eigenvalue weighted by atomic mass is 32.1. The second kappa shape index (κ2) is 6.73. The van der Waals surface area contributed by atoms with Crippen LogP contribution in [0.15, 0.2) is 22.0 Å². The Morgan fingerprint density at radius 3 is 2.63 bits per heavy atom. The number of rotatable bonds is 6. The van der Waals surface area contributed by atoms with Crippen LogP contribution < -0.4 is 11.1 Å². The first kappa shape index (κ1) is 15.7. The molecule has 2 unspecified atom stereocenters. The largest absolute Gasteiger partial charge is 0.409 e. The van der Waals surface area contributed by atoms with Crippen LogP contribution in [0.3, 0.4) is 0 Å². The Balaban J connectivity index is 2.49. The molecule has 0 spiro atoms. The zero-order valence-electron chi connectivity index (χ0n) is 9.76. The minimum absolute atomic E-state index is 0.0535. The van der Waals surface area contributed by atoms with Crippen LogP contribution in [0.5, 0.6) is 0 Å². The molecule has 1 rings (SSSR count). The van der Waals surface area contributed by atoms with Crippen molar-refractivity contribution in [2.45, 2.75) is 12.3 Å². The summed E-state index contributed by atoms with van der Waals surface area (Å²) in [5.74, 6) is -3.00. The molecule has 9 heteroatoms. The Hall–Kier alpha value is -1.32. The Bertz CT molecular complexity index is 409. The zero-order valence-corrected chi connectivity index (χ0v) is 10.6. The van der Waals surface area contributed by atoms with Crippen LogP contribution in [-0.2, 0) is 0 Å². The van der Waals surface area contributed by atoms with Gasteiger partial charge < -0.3 is 21.4 Å². The summed E-state index contributed by atoms with van der Waals surface area (Å²) in [7, 11) is 0. The molecule has 5 N–H and O–H groups in total. The van der Waals surface area contributed by atoms with E-state index in [1.807, 2.05) is 0 Å². The molecule has 0 aromatic carbocycles. The number of nitrogens with two attached hydrogens (primary N) is 1. The third kappa shape index (κ3) is 4.69. The van der Waals surface area contributed by atoms with E-state index in [0.29, 0.717) is 5.56 Å². The molecule has 0 radical (unpaired) electrons. The molecule has 0 aliphatic rings. The Morgan fingerprint density at radius 2 is 2.16 bits per heavy atom. The average molecular weight is 297 g/mol. The van der Waals surface area contributed by atoms with Gasteiger partial charge in [0.1, 0.15) is 5.92 Å². The van der Waals surface area contributed by atoms with E-state index in [2.05, 4.69) is 10.5 Å². The smallest absolute Gasteiger partial charge is 0.400 e.